The molecule has 7 nitrogen and oxygen atoms in total. The van der Waals surface area contributed by atoms with E-state index in [0.29, 0.717) is 24.4 Å². The molecular formula is C12H18ClN3O4. The van der Waals surface area contributed by atoms with Crippen molar-refractivity contribution in [2.24, 2.45) is 0 Å². The van der Waals surface area contributed by atoms with E-state index in [4.69, 9.17) is 4.74 Å². The van der Waals surface area contributed by atoms with Crippen LogP contribution in [0.5, 0.6) is 0 Å². The Labute approximate surface area is 123 Å². The van der Waals surface area contributed by atoms with E-state index in [1.165, 1.54) is 6.07 Å². The van der Waals surface area contributed by atoms with Gasteiger partial charge in [-0.2, -0.15) is 0 Å². The zero-order valence-electron chi connectivity index (χ0n) is 11.3. The molecule has 112 valence electrons. The third kappa shape index (κ3) is 5.96. The number of nitro benzene ring substituents is 1. The molecule has 0 unspecified atom stereocenters. The zero-order chi connectivity index (χ0) is 14.3. The summed E-state index contributed by atoms with van der Waals surface area (Å²) in [6.07, 6.45) is 0. The van der Waals surface area contributed by atoms with Crippen molar-refractivity contribution in [1.82, 2.24) is 5.32 Å². The molecule has 1 aromatic carbocycles. The molecule has 0 aromatic heterocycles. The number of amides is 1. The van der Waals surface area contributed by atoms with Gasteiger partial charge in [0.05, 0.1) is 18.1 Å². The Morgan fingerprint density at radius 1 is 1.45 bits per heavy atom. The fourth-order valence-corrected chi connectivity index (χ4v) is 1.47. The average Bonchev–Trinajstić information content (AvgIpc) is 2.36. The van der Waals surface area contributed by atoms with E-state index in [1.54, 1.807) is 26.2 Å². The first kappa shape index (κ1) is 18.3. The summed E-state index contributed by atoms with van der Waals surface area (Å²) in [5.41, 5.74) is 0.960. The van der Waals surface area contributed by atoms with Crippen molar-refractivity contribution in [2.75, 3.05) is 32.1 Å². The lowest BCUT2D eigenvalue weighted by Crippen LogP contribution is -2.30. The number of carbonyl (C=O) groups is 1. The Kier molecular flexibility index (Phi) is 8.46. The van der Waals surface area contributed by atoms with Gasteiger partial charge in [0, 0.05) is 31.0 Å². The molecule has 0 aliphatic carbocycles. The minimum Gasteiger partial charge on any atom is -0.383 e. The van der Waals surface area contributed by atoms with Gasteiger partial charge in [-0.25, -0.2) is 0 Å². The first-order chi connectivity index (χ1) is 9.04. The Bertz CT molecular complexity index is 468. The predicted octanol–water partition coefficient (Wildman–Crippen LogP) is 1.50. The molecule has 1 aromatic rings. The van der Waals surface area contributed by atoms with E-state index in [2.05, 4.69) is 10.6 Å². The van der Waals surface area contributed by atoms with Crippen molar-refractivity contribution in [3.05, 3.63) is 33.9 Å². The second kappa shape index (κ2) is 9.24. The van der Waals surface area contributed by atoms with Crippen molar-refractivity contribution in [3.8, 4) is 0 Å². The number of aryl methyl sites for hydroxylation is 1. The third-order valence-electron chi connectivity index (χ3n) is 2.46. The lowest BCUT2D eigenvalue weighted by atomic mass is 10.2. The molecule has 1 amide bonds. The van der Waals surface area contributed by atoms with Crippen molar-refractivity contribution in [2.45, 2.75) is 6.92 Å². The number of rotatable bonds is 7. The largest absolute Gasteiger partial charge is 0.383 e. The van der Waals surface area contributed by atoms with Gasteiger partial charge in [-0.1, -0.05) is 6.07 Å². The molecule has 0 aliphatic rings. The lowest BCUT2D eigenvalue weighted by Gasteiger charge is -2.07. The maximum absolute atomic E-state index is 11.6. The summed E-state index contributed by atoms with van der Waals surface area (Å²) in [5.74, 6) is -0.255. The molecule has 0 spiro atoms. The van der Waals surface area contributed by atoms with Crippen LogP contribution in [0.15, 0.2) is 18.2 Å². The van der Waals surface area contributed by atoms with Crippen LogP contribution in [0, 0.1) is 17.0 Å². The van der Waals surface area contributed by atoms with Crippen LogP contribution in [0.25, 0.3) is 0 Å². The van der Waals surface area contributed by atoms with E-state index in [1.807, 2.05) is 0 Å². The maximum atomic E-state index is 11.6. The van der Waals surface area contributed by atoms with E-state index in [-0.39, 0.29) is 30.5 Å². The first-order valence-corrected chi connectivity index (χ1v) is 5.79. The minimum atomic E-state index is -0.470. The summed E-state index contributed by atoms with van der Waals surface area (Å²) in [7, 11) is 1.58. The van der Waals surface area contributed by atoms with Gasteiger partial charge in [0.2, 0.25) is 5.91 Å². The molecule has 0 aliphatic heterocycles. The number of nitrogens with one attached hydrogen (secondary N) is 2. The Morgan fingerprint density at radius 3 is 2.75 bits per heavy atom. The number of hydrogen-bond acceptors (Lipinski definition) is 5. The normalized spacial score (nSPS) is 9.70. The molecule has 0 bridgehead atoms. The Hall–Kier alpha value is -1.70. The van der Waals surface area contributed by atoms with E-state index in [0.717, 1.165) is 0 Å². The summed E-state index contributed by atoms with van der Waals surface area (Å²) >= 11 is 0. The number of nitrogens with zero attached hydrogens (tertiary/aromatic N) is 1. The highest BCUT2D eigenvalue weighted by Gasteiger charge is 2.12. The van der Waals surface area contributed by atoms with Gasteiger partial charge in [-0.3, -0.25) is 14.9 Å². The van der Waals surface area contributed by atoms with E-state index in [9.17, 15) is 14.9 Å². The number of anilines is 1. The molecule has 1 rings (SSSR count). The van der Waals surface area contributed by atoms with Gasteiger partial charge in [0.15, 0.2) is 0 Å². The van der Waals surface area contributed by atoms with Crippen LogP contribution in [0.1, 0.15) is 5.56 Å². The molecule has 0 saturated carbocycles. The molecule has 0 saturated heterocycles. The van der Waals surface area contributed by atoms with Gasteiger partial charge in [-0.15, -0.1) is 12.4 Å². The molecule has 8 heteroatoms. The Morgan fingerprint density at radius 2 is 2.15 bits per heavy atom. The van der Waals surface area contributed by atoms with Crippen molar-refractivity contribution < 1.29 is 14.5 Å². The summed E-state index contributed by atoms with van der Waals surface area (Å²) in [5, 5.41) is 16.2. The Balaban J connectivity index is 0.00000361. The lowest BCUT2D eigenvalue weighted by molar-refractivity contribution is -0.385. The molecule has 0 atom stereocenters. The van der Waals surface area contributed by atoms with Crippen LogP contribution in [-0.2, 0) is 9.53 Å². The second-order valence-corrected chi connectivity index (χ2v) is 3.98. The number of halogens is 1. The predicted molar refractivity (Wildman–Crippen MR) is 78.5 cm³/mol. The third-order valence-corrected chi connectivity index (χ3v) is 2.46. The van der Waals surface area contributed by atoms with Crippen LogP contribution in [0.4, 0.5) is 11.4 Å². The van der Waals surface area contributed by atoms with Gasteiger partial charge in [0.1, 0.15) is 0 Å². The number of hydrogen-bond donors (Lipinski definition) is 2. The average molecular weight is 304 g/mol. The number of ether oxygens (including phenoxy) is 1. The molecule has 20 heavy (non-hydrogen) atoms. The molecule has 0 heterocycles. The van der Waals surface area contributed by atoms with Crippen LogP contribution in [0.2, 0.25) is 0 Å². The summed E-state index contributed by atoms with van der Waals surface area (Å²) in [4.78, 5) is 21.9. The topological polar surface area (TPSA) is 93.5 Å². The summed E-state index contributed by atoms with van der Waals surface area (Å²) in [6, 6.07) is 4.59. The van der Waals surface area contributed by atoms with Crippen LogP contribution < -0.4 is 10.6 Å². The standard InChI is InChI=1S/C12H17N3O4.ClH/c1-9-3-4-10(7-11(9)15(17)18)14-12(16)8-13-5-6-19-2;/h3-4,7,13H,5-6,8H2,1-2H3,(H,14,16);1H. The molecule has 0 radical (unpaired) electrons. The first-order valence-electron chi connectivity index (χ1n) is 5.79. The zero-order valence-corrected chi connectivity index (χ0v) is 12.2. The number of benzene rings is 1. The van der Waals surface area contributed by atoms with Gasteiger partial charge in [-0.05, 0) is 13.0 Å². The quantitative estimate of drug-likeness (QED) is 0.452. The van der Waals surface area contributed by atoms with Crippen LogP contribution in [0.3, 0.4) is 0 Å². The van der Waals surface area contributed by atoms with Crippen molar-refractivity contribution in [1.29, 1.82) is 0 Å². The van der Waals surface area contributed by atoms with E-state index < -0.39 is 4.92 Å². The van der Waals surface area contributed by atoms with Gasteiger partial charge in [0.25, 0.3) is 5.69 Å². The SMILES string of the molecule is COCCNCC(=O)Nc1ccc(C)c([N+](=O)[O-])c1.Cl. The summed E-state index contributed by atoms with van der Waals surface area (Å²) < 4.78 is 4.83. The van der Waals surface area contributed by atoms with Crippen LogP contribution >= 0.6 is 12.4 Å². The highest BCUT2D eigenvalue weighted by molar-refractivity contribution is 5.92. The molecular weight excluding hydrogens is 286 g/mol. The smallest absolute Gasteiger partial charge is 0.274 e. The minimum absolute atomic E-state index is 0. The van der Waals surface area contributed by atoms with Gasteiger partial charge >= 0.3 is 0 Å². The van der Waals surface area contributed by atoms with Gasteiger partial charge < -0.3 is 15.4 Å². The highest BCUT2D eigenvalue weighted by Crippen LogP contribution is 2.22. The number of nitro groups is 1. The van der Waals surface area contributed by atoms with Crippen molar-refractivity contribution in [3.63, 3.8) is 0 Å². The van der Waals surface area contributed by atoms with E-state index >= 15 is 0 Å². The summed E-state index contributed by atoms with van der Waals surface area (Å²) in [6.45, 7) is 2.86. The number of carbonyl (C=O) groups excluding carboxylic acids is 1. The molecule has 0 fully saturated rings. The maximum Gasteiger partial charge on any atom is 0.274 e. The second-order valence-electron chi connectivity index (χ2n) is 3.98. The van der Waals surface area contributed by atoms with Crippen molar-refractivity contribution >= 4 is 29.7 Å². The molecule has 2 N–H and O–H groups in total. The monoisotopic (exact) mass is 303 g/mol. The highest BCUT2D eigenvalue weighted by atomic mass is 35.5. The fourth-order valence-electron chi connectivity index (χ4n) is 1.47. The number of methoxy groups -OCH3 is 1. The van der Waals surface area contributed by atoms with Crippen LogP contribution in [-0.4, -0.2) is 37.6 Å². The fraction of sp³-hybridized carbons (Fsp3) is 0.417.